The van der Waals surface area contributed by atoms with Crippen molar-refractivity contribution in [2.24, 2.45) is 0 Å². The van der Waals surface area contributed by atoms with Crippen molar-refractivity contribution in [3.63, 3.8) is 0 Å². The molecule has 0 aliphatic heterocycles. The maximum Gasteiger partial charge on any atom is 0.305 e. The summed E-state index contributed by atoms with van der Waals surface area (Å²) in [5, 5.41) is 23.2. The molecule has 0 radical (unpaired) electrons. The summed E-state index contributed by atoms with van der Waals surface area (Å²) in [5.41, 5.74) is 0. The van der Waals surface area contributed by atoms with Gasteiger partial charge in [0.05, 0.1) is 25.4 Å². The van der Waals surface area contributed by atoms with Crippen LogP contribution < -0.4 is 5.32 Å². The lowest BCUT2D eigenvalue weighted by Crippen LogP contribution is -2.45. The number of rotatable bonds is 61. The van der Waals surface area contributed by atoms with E-state index in [-0.39, 0.29) is 18.5 Å². The minimum atomic E-state index is -0.850. The van der Waals surface area contributed by atoms with Crippen molar-refractivity contribution in [2.75, 3.05) is 13.2 Å². The molecule has 1 amide bonds. The van der Waals surface area contributed by atoms with Crippen LogP contribution in [0.2, 0.25) is 0 Å². The molecule has 0 fully saturated rings. The SMILES string of the molecule is CCCCC/C=C\C/C=C\CCCCCCCC(=O)OCCCCCCCCCCCCCCCCCCCC(=O)NC(CO)C(O)/C=C/CCCCCCCCCCCCCCCCCCCCCCCC. The number of carbonyl (C=O) groups is 2. The van der Waals surface area contributed by atoms with Gasteiger partial charge in [-0.15, -0.1) is 0 Å². The molecule has 0 spiro atoms. The number of unbranched alkanes of at least 4 members (excludes halogenated alkanes) is 46. The highest BCUT2D eigenvalue weighted by Crippen LogP contribution is 2.18. The molecule has 0 heterocycles. The smallest absolute Gasteiger partial charge is 0.305 e. The predicted molar refractivity (Wildman–Crippen MR) is 319 cm³/mol. The summed E-state index contributed by atoms with van der Waals surface area (Å²) in [5.74, 6) is -0.0794. The average Bonchev–Trinajstić information content (AvgIpc) is 3.39. The zero-order valence-electron chi connectivity index (χ0n) is 49.1. The van der Waals surface area contributed by atoms with Crippen molar-refractivity contribution in [1.29, 1.82) is 0 Å². The fourth-order valence-electron chi connectivity index (χ4n) is 10.1. The standard InChI is InChI=1S/C67H127NO5/c1-3-5-7-9-11-13-15-17-19-20-21-22-23-24-25-26-28-32-35-39-43-47-51-55-59-65(70)64(63-69)68-66(71)60-56-52-48-44-40-36-33-29-27-30-34-38-42-46-50-54-58-62-73-67(72)61-57-53-49-45-41-37-31-18-16-14-12-10-8-6-4-2/h12,14,18,31,55,59,64-65,69-70H,3-11,13,15-17,19-30,32-54,56-58,60-63H2,1-2H3,(H,68,71)/b14-12-,31-18-,59-55+. The van der Waals surface area contributed by atoms with Crippen LogP contribution in [0, 0.1) is 0 Å². The van der Waals surface area contributed by atoms with E-state index in [1.54, 1.807) is 6.08 Å². The molecule has 2 atom stereocenters. The van der Waals surface area contributed by atoms with Gasteiger partial charge in [-0.2, -0.15) is 0 Å². The lowest BCUT2D eigenvalue weighted by molar-refractivity contribution is -0.143. The first-order valence-corrected chi connectivity index (χ1v) is 32.8. The van der Waals surface area contributed by atoms with E-state index in [0.717, 1.165) is 51.4 Å². The van der Waals surface area contributed by atoms with Crippen molar-refractivity contribution in [2.45, 2.75) is 366 Å². The molecule has 0 bridgehead atoms. The van der Waals surface area contributed by atoms with E-state index in [0.29, 0.717) is 19.4 Å². The first-order chi connectivity index (χ1) is 36.0. The van der Waals surface area contributed by atoms with Crippen LogP contribution in [-0.4, -0.2) is 47.4 Å². The maximum absolute atomic E-state index is 12.5. The van der Waals surface area contributed by atoms with Crippen molar-refractivity contribution in [3.05, 3.63) is 36.5 Å². The number of nitrogens with one attached hydrogen (secondary N) is 1. The Bertz CT molecular complexity index is 1180. The van der Waals surface area contributed by atoms with Crippen LogP contribution in [0.15, 0.2) is 36.5 Å². The summed E-state index contributed by atoms with van der Waals surface area (Å²) in [6.07, 6.45) is 79.0. The highest BCUT2D eigenvalue weighted by atomic mass is 16.5. The van der Waals surface area contributed by atoms with Crippen molar-refractivity contribution >= 4 is 11.9 Å². The largest absolute Gasteiger partial charge is 0.466 e. The average molecular weight is 1030 g/mol. The third kappa shape index (κ3) is 59.2. The van der Waals surface area contributed by atoms with Crippen LogP contribution in [-0.2, 0) is 14.3 Å². The lowest BCUT2D eigenvalue weighted by Gasteiger charge is -2.20. The number of aliphatic hydroxyl groups excluding tert-OH is 2. The molecule has 0 saturated heterocycles. The number of aliphatic hydroxyl groups is 2. The summed E-state index contributed by atoms with van der Waals surface area (Å²) in [6, 6.07) is -0.634. The molecule has 73 heavy (non-hydrogen) atoms. The summed E-state index contributed by atoms with van der Waals surface area (Å²) >= 11 is 0. The Morgan fingerprint density at radius 2 is 0.685 bits per heavy atom. The quantitative estimate of drug-likeness (QED) is 0.0320. The van der Waals surface area contributed by atoms with E-state index in [1.165, 1.54) is 276 Å². The number of hydrogen-bond acceptors (Lipinski definition) is 5. The van der Waals surface area contributed by atoms with Gasteiger partial charge in [0.25, 0.3) is 0 Å². The Hall–Kier alpha value is -1.92. The molecule has 6 nitrogen and oxygen atoms in total. The van der Waals surface area contributed by atoms with Crippen molar-refractivity contribution in [1.82, 2.24) is 5.32 Å². The number of ether oxygens (including phenoxy) is 1. The van der Waals surface area contributed by atoms with Crippen LogP contribution in [0.4, 0.5) is 0 Å². The van der Waals surface area contributed by atoms with Crippen molar-refractivity contribution < 1.29 is 24.5 Å². The van der Waals surface area contributed by atoms with E-state index in [4.69, 9.17) is 4.74 Å². The zero-order chi connectivity index (χ0) is 52.9. The molecule has 430 valence electrons. The van der Waals surface area contributed by atoms with Gasteiger partial charge < -0.3 is 20.3 Å². The Morgan fingerprint density at radius 1 is 0.384 bits per heavy atom. The highest BCUT2D eigenvalue weighted by molar-refractivity contribution is 5.76. The maximum atomic E-state index is 12.5. The number of carbonyl (C=O) groups excluding carboxylic acids is 2. The second kappa shape index (κ2) is 62.6. The van der Waals surface area contributed by atoms with Crippen molar-refractivity contribution in [3.8, 4) is 0 Å². The number of hydrogen-bond donors (Lipinski definition) is 3. The number of esters is 1. The second-order valence-corrected chi connectivity index (χ2v) is 22.5. The van der Waals surface area contributed by atoms with Crippen LogP contribution >= 0.6 is 0 Å². The first kappa shape index (κ1) is 71.1. The van der Waals surface area contributed by atoms with Gasteiger partial charge in [-0.05, 0) is 64.2 Å². The summed E-state index contributed by atoms with van der Waals surface area (Å²) in [7, 11) is 0. The lowest BCUT2D eigenvalue weighted by atomic mass is 10.0. The van der Waals surface area contributed by atoms with Crippen LogP contribution in [0.5, 0.6) is 0 Å². The topological polar surface area (TPSA) is 95.9 Å². The van der Waals surface area contributed by atoms with Gasteiger partial charge in [0, 0.05) is 12.8 Å². The van der Waals surface area contributed by atoms with Gasteiger partial charge in [0.2, 0.25) is 5.91 Å². The minimum absolute atomic E-state index is 0.00901. The third-order valence-electron chi connectivity index (χ3n) is 15.2. The minimum Gasteiger partial charge on any atom is -0.466 e. The van der Waals surface area contributed by atoms with Crippen LogP contribution in [0.1, 0.15) is 354 Å². The van der Waals surface area contributed by atoms with E-state index in [2.05, 4.69) is 43.5 Å². The van der Waals surface area contributed by atoms with Gasteiger partial charge in [-0.25, -0.2) is 0 Å². The molecule has 3 N–H and O–H groups in total. The third-order valence-corrected chi connectivity index (χ3v) is 15.2. The second-order valence-electron chi connectivity index (χ2n) is 22.5. The fourth-order valence-corrected chi connectivity index (χ4v) is 10.1. The van der Waals surface area contributed by atoms with Gasteiger partial charge in [0.1, 0.15) is 0 Å². The van der Waals surface area contributed by atoms with Crippen LogP contribution in [0.25, 0.3) is 0 Å². The van der Waals surface area contributed by atoms with E-state index < -0.39 is 12.1 Å². The van der Waals surface area contributed by atoms with E-state index in [1.807, 2.05) is 6.08 Å². The Balaban J connectivity index is 3.45. The Morgan fingerprint density at radius 3 is 1.07 bits per heavy atom. The van der Waals surface area contributed by atoms with Gasteiger partial charge >= 0.3 is 5.97 Å². The molecule has 0 aromatic heterocycles. The zero-order valence-corrected chi connectivity index (χ0v) is 49.1. The monoisotopic (exact) mass is 1030 g/mol. The molecular formula is C67H127NO5. The number of amides is 1. The Kier molecular flexibility index (Phi) is 61.0. The predicted octanol–water partition coefficient (Wildman–Crippen LogP) is 20.8. The molecule has 2 unspecified atom stereocenters. The molecule has 0 aromatic carbocycles. The van der Waals surface area contributed by atoms with Crippen LogP contribution in [0.3, 0.4) is 0 Å². The summed E-state index contributed by atoms with van der Waals surface area (Å²) in [4.78, 5) is 24.6. The molecule has 0 rings (SSSR count). The molecule has 0 aliphatic rings. The Labute approximate surface area is 455 Å². The molecule has 6 heteroatoms. The van der Waals surface area contributed by atoms with Gasteiger partial charge in [-0.3, -0.25) is 9.59 Å². The van der Waals surface area contributed by atoms with E-state index >= 15 is 0 Å². The molecule has 0 aromatic rings. The van der Waals surface area contributed by atoms with Gasteiger partial charge in [-0.1, -0.05) is 314 Å². The van der Waals surface area contributed by atoms with E-state index in [9.17, 15) is 19.8 Å². The summed E-state index contributed by atoms with van der Waals surface area (Å²) < 4.78 is 5.48. The van der Waals surface area contributed by atoms with Gasteiger partial charge in [0.15, 0.2) is 0 Å². The highest BCUT2D eigenvalue weighted by Gasteiger charge is 2.18. The fraction of sp³-hybridized carbons (Fsp3) is 0.881. The normalized spacial score (nSPS) is 12.8. The molecule has 0 aliphatic carbocycles. The number of allylic oxidation sites excluding steroid dienone is 5. The summed E-state index contributed by atoms with van der Waals surface area (Å²) in [6.45, 7) is 4.89. The molecular weight excluding hydrogens is 899 g/mol. The molecule has 0 saturated carbocycles. The first-order valence-electron chi connectivity index (χ1n) is 32.8.